The lowest BCUT2D eigenvalue weighted by Gasteiger charge is -2.42. The zero-order chi connectivity index (χ0) is 29.4. The second-order valence-corrected chi connectivity index (χ2v) is 11.4. The summed E-state index contributed by atoms with van der Waals surface area (Å²) in [6, 6.07) is 22.8. The number of carboxylic acid groups (broad SMARTS) is 1. The van der Waals surface area contributed by atoms with Crippen LogP contribution in [-0.4, -0.2) is 68.2 Å². The van der Waals surface area contributed by atoms with Gasteiger partial charge in [-0.1, -0.05) is 73.7 Å². The van der Waals surface area contributed by atoms with Crippen LogP contribution in [0.1, 0.15) is 47.1 Å². The van der Waals surface area contributed by atoms with Crippen LogP contribution >= 0.6 is 0 Å². The molecule has 1 amide bonds. The highest BCUT2D eigenvalue weighted by Crippen LogP contribution is 2.43. The molecule has 3 atom stereocenters. The van der Waals surface area contributed by atoms with Crippen LogP contribution in [0.15, 0.2) is 66.7 Å². The van der Waals surface area contributed by atoms with Crippen LogP contribution in [0.5, 0.6) is 0 Å². The van der Waals surface area contributed by atoms with Crippen molar-refractivity contribution < 1.29 is 24.5 Å². The summed E-state index contributed by atoms with van der Waals surface area (Å²) in [5, 5.41) is 24.9. The first kappa shape index (κ1) is 30.7. The molecule has 0 spiro atoms. The molecule has 220 valence electrons. The summed E-state index contributed by atoms with van der Waals surface area (Å²) in [6.45, 7) is 7.95. The van der Waals surface area contributed by atoms with E-state index in [4.69, 9.17) is 9.47 Å². The molecule has 4 rings (SSSR count). The quantitative estimate of drug-likeness (QED) is 0.268. The SMILES string of the molecule is COC[C@H](C)COCc1ccc([C@@]2(O)CCNC[C@@H]2c2ccc(-c3ccccc3CCN(C)C(=O)O)cc2C)cc1. The van der Waals surface area contributed by atoms with Crippen molar-refractivity contribution in [2.75, 3.05) is 47.0 Å². The number of nitrogens with zero attached hydrogens (tertiary/aromatic N) is 1. The number of ether oxygens (including phenoxy) is 2. The Morgan fingerprint density at radius 3 is 2.59 bits per heavy atom. The van der Waals surface area contributed by atoms with Crippen molar-refractivity contribution in [1.82, 2.24) is 10.2 Å². The molecule has 1 saturated heterocycles. The van der Waals surface area contributed by atoms with Crippen molar-refractivity contribution in [3.63, 3.8) is 0 Å². The molecule has 3 aromatic carbocycles. The summed E-state index contributed by atoms with van der Waals surface area (Å²) >= 11 is 0. The van der Waals surface area contributed by atoms with E-state index < -0.39 is 11.7 Å². The van der Waals surface area contributed by atoms with E-state index >= 15 is 0 Å². The average molecular weight is 561 g/mol. The number of methoxy groups -OCH3 is 1. The van der Waals surface area contributed by atoms with Crippen molar-refractivity contribution in [2.45, 2.75) is 44.8 Å². The number of aryl methyl sites for hydroxylation is 1. The van der Waals surface area contributed by atoms with Gasteiger partial charge in [-0.15, -0.1) is 0 Å². The van der Waals surface area contributed by atoms with Crippen LogP contribution in [0, 0.1) is 12.8 Å². The predicted octanol–water partition coefficient (Wildman–Crippen LogP) is 5.58. The van der Waals surface area contributed by atoms with Crippen LogP contribution in [0.2, 0.25) is 0 Å². The molecule has 0 aromatic heterocycles. The molecule has 1 aliphatic rings. The van der Waals surface area contributed by atoms with Gasteiger partial charge in [0, 0.05) is 39.1 Å². The Morgan fingerprint density at radius 2 is 1.88 bits per heavy atom. The van der Waals surface area contributed by atoms with Crippen LogP contribution in [-0.2, 0) is 28.1 Å². The maximum Gasteiger partial charge on any atom is 0.407 e. The van der Waals surface area contributed by atoms with Gasteiger partial charge in [-0.05, 0) is 65.3 Å². The highest BCUT2D eigenvalue weighted by atomic mass is 16.5. The molecule has 1 fully saturated rings. The van der Waals surface area contributed by atoms with Gasteiger partial charge in [0.1, 0.15) is 0 Å². The first-order valence-electron chi connectivity index (χ1n) is 14.4. The molecular weight excluding hydrogens is 516 g/mol. The molecule has 0 bridgehead atoms. The molecule has 41 heavy (non-hydrogen) atoms. The normalized spacial score (nSPS) is 19.6. The van der Waals surface area contributed by atoms with Gasteiger partial charge in [0.15, 0.2) is 0 Å². The molecule has 7 nitrogen and oxygen atoms in total. The number of nitrogens with one attached hydrogen (secondary N) is 1. The number of carbonyl (C=O) groups is 1. The number of benzene rings is 3. The summed E-state index contributed by atoms with van der Waals surface area (Å²) in [4.78, 5) is 12.6. The number of amides is 1. The summed E-state index contributed by atoms with van der Waals surface area (Å²) in [6.07, 6.45) is 0.342. The monoisotopic (exact) mass is 560 g/mol. The van der Waals surface area contributed by atoms with E-state index in [9.17, 15) is 15.0 Å². The number of hydrogen-bond acceptors (Lipinski definition) is 5. The topological polar surface area (TPSA) is 91.3 Å². The Kier molecular flexibility index (Phi) is 10.6. The molecule has 0 aliphatic carbocycles. The third kappa shape index (κ3) is 7.54. The molecular formula is C34H44N2O5. The third-order valence-electron chi connectivity index (χ3n) is 8.20. The maximum absolute atomic E-state index is 12.1. The molecule has 1 aliphatic heterocycles. The number of likely N-dealkylation sites (N-methyl/N-ethyl adjacent to an activating group) is 1. The minimum Gasteiger partial charge on any atom is -0.465 e. The fraction of sp³-hybridized carbons (Fsp3) is 0.441. The second-order valence-electron chi connectivity index (χ2n) is 11.4. The van der Waals surface area contributed by atoms with Crippen molar-refractivity contribution in [1.29, 1.82) is 0 Å². The first-order chi connectivity index (χ1) is 19.7. The largest absolute Gasteiger partial charge is 0.465 e. The van der Waals surface area contributed by atoms with Crippen molar-refractivity contribution in [2.24, 2.45) is 5.92 Å². The van der Waals surface area contributed by atoms with Gasteiger partial charge in [-0.25, -0.2) is 4.79 Å². The van der Waals surface area contributed by atoms with Gasteiger partial charge in [-0.3, -0.25) is 0 Å². The zero-order valence-corrected chi connectivity index (χ0v) is 24.7. The maximum atomic E-state index is 12.1. The van der Waals surface area contributed by atoms with E-state index in [1.807, 2.05) is 24.3 Å². The zero-order valence-electron chi connectivity index (χ0n) is 24.7. The van der Waals surface area contributed by atoms with Gasteiger partial charge >= 0.3 is 6.09 Å². The Bertz CT molecular complexity index is 1290. The number of piperidine rings is 1. The van der Waals surface area contributed by atoms with E-state index in [0.717, 1.165) is 45.5 Å². The summed E-state index contributed by atoms with van der Waals surface area (Å²) in [5.74, 6) is 0.249. The van der Waals surface area contributed by atoms with Crippen molar-refractivity contribution in [3.8, 4) is 11.1 Å². The lowest BCUT2D eigenvalue weighted by atomic mass is 9.72. The smallest absolute Gasteiger partial charge is 0.407 e. The number of aliphatic hydroxyl groups is 1. The van der Waals surface area contributed by atoms with Crippen molar-refractivity contribution in [3.05, 3.63) is 94.5 Å². The highest BCUT2D eigenvalue weighted by Gasteiger charge is 2.41. The van der Waals surface area contributed by atoms with Crippen molar-refractivity contribution >= 4 is 6.09 Å². The van der Waals surface area contributed by atoms with Gasteiger partial charge in [0.2, 0.25) is 0 Å². The summed E-state index contributed by atoms with van der Waals surface area (Å²) in [7, 11) is 3.30. The fourth-order valence-electron chi connectivity index (χ4n) is 5.82. The molecule has 0 saturated carbocycles. The number of rotatable bonds is 12. The average Bonchev–Trinajstić information content (AvgIpc) is 2.97. The van der Waals surface area contributed by atoms with Crippen LogP contribution < -0.4 is 5.32 Å². The third-order valence-corrected chi connectivity index (χ3v) is 8.20. The van der Waals surface area contributed by atoms with Crippen LogP contribution in [0.25, 0.3) is 11.1 Å². The molecule has 0 unspecified atom stereocenters. The predicted molar refractivity (Wildman–Crippen MR) is 162 cm³/mol. The van der Waals surface area contributed by atoms with E-state index in [1.165, 1.54) is 4.90 Å². The van der Waals surface area contributed by atoms with E-state index in [0.29, 0.717) is 51.7 Å². The minimum atomic E-state index is -0.983. The Balaban J connectivity index is 1.53. The Hall–Kier alpha value is -3.23. The molecule has 3 aromatic rings. The second kappa shape index (κ2) is 14.1. The van der Waals surface area contributed by atoms with E-state index in [-0.39, 0.29) is 5.92 Å². The minimum absolute atomic E-state index is 0.0956. The summed E-state index contributed by atoms with van der Waals surface area (Å²) in [5.41, 5.74) is 6.60. The lowest BCUT2D eigenvalue weighted by molar-refractivity contribution is -0.0156. The lowest BCUT2D eigenvalue weighted by Crippen LogP contribution is -2.46. The molecule has 7 heteroatoms. The van der Waals surface area contributed by atoms with Gasteiger partial charge in [0.25, 0.3) is 0 Å². The summed E-state index contributed by atoms with van der Waals surface area (Å²) < 4.78 is 11.0. The first-order valence-corrected chi connectivity index (χ1v) is 14.4. The van der Waals surface area contributed by atoms with E-state index in [2.05, 4.69) is 61.6 Å². The number of hydrogen-bond donors (Lipinski definition) is 3. The Labute approximate surface area is 244 Å². The molecule has 0 radical (unpaired) electrons. The fourth-order valence-corrected chi connectivity index (χ4v) is 5.82. The van der Waals surface area contributed by atoms with Gasteiger partial charge in [0.05, 0.1) is 25.4 Å². The van der Waals surface area contributed by atoms with Gasteiger partial charge in [-0.2, -0.15) is 0 Å². The molecule has 3 N–H and O–H groups in total. The Morgan fingerprint density at radius 1 is 1.12 bits per heavy atom. The van der Waals surface area contributed by atoms with Crippen LogP contribution in [0.4, 0.5) is 4.79 Å². The van der Waals surface area contributed by atoms with Gasteiger partial charge < -0.3 is 29.9 Å². The highest BCUT2D eigenvalue weighted by molar-refractivity contribution is 5.69. The molecule has 1 heterocycles. The van der Waals surface area contributed by atoms with Crippen LogP contribution in [0.3, 0.4) is 0 Å². The van der Waals surface area contributed by atoms with E-state index in [1.54, 1.807) is 14.2 Å². The standard InChI is InChI=1S/C34H44N2O5/c1-24(21-40-4)22-41-23-26-9-12-29(13-10-26)34(39)16-17-35-20-32(34)30-14-11-28(19-25(30)2)31-8-6-5-7-27(31)15-18-36(3)33(37)38/h5-14,19,24,32,35,39H,15-18,20-23H2,1-4H3,(H,37,38)/t24-,32+,34-/m0/s1.